The maximum Gasteiger partial charge on any atom is 0.194 e. The van der Waals surface area contributed by atoms with Crippen molar-refractivity contribution < 1.29 is 4.74 Å². The summed E-state index contributed by atoms with van der Waals surface area (Å²) >= 11 is 0. The fraction of sp³-hybridized carbons (Fsp3) is 0.522. The van der Waals surface area contributed by atoms with E-state index in [9.17, 15) is 0 Å². The van der Waals surface area contributed by atoms with E-state index in [2.05, 4.69) is 45.4 Å². The molecular weight excluding hydrogens is 348 g/mol. The standard InChI is InChI=1S/C23H32N4O/c1-28-22-9-8-20-16-19(6-7-21(20)17-22)18-25-23-24-10-13-27(23)15-14-26-11-4-2-3-5-12-26/h6-9,16-17H,2-5,10-15,18H2,1H3,(H,24,25). The zero-order chi connectivity index (χ0) is 19.2. The summed E-state index contributed by atoms with van der Waals surface area (Å²) < 4.78 is 5.32. The number of rotatable bonds is 6. The molecule has 1 fully saturated rings. The summed E-state index contributed by atoms with van der Waals surface area (Å²) in [5.74, 6) is 1.96. The summed E-state index contributed by atoms with van der Waals surface area (Å²) in [6, 6.07) is 12.8. The van der Waals surface area contributed by atoms with Crippen LogP contribution >= 0.6 is 0 Å². The molecule has 2 aliphatic heterocycles. The lowest BCUT2D eigenvalue weighted by atomic mass is 10.1. The lowest BCUT2D eigenvalue weighted by Gasteiger charge is -2.26. The first-order valence-electron chi connectivity index (χ1n) is 10.6. The van der Waals surface area contributed by atoms with Gasteiger partial charge in [-0.1, -0.05) is 31.0 Å². The second-order valence-corrected chi connectivity index (χ2v) is 7.85. The SMILES string of the molecule is COc1ccc2cc(CNC3=NCCN3CCN3CCCCCC3)ccc2c1. The number of likely N-dealkylation sites (tertiary alicyclic amines) is 1. The monoisotopic (exact) mass is 380 g/mol. The first-order valence-corrected chi connectivity index (χ1v) is 10.6. The normalized spacial score (nSPS) is 18.2. The number of nitrogens with one attached hydrogen (secondary N) is 1. The minimum absolute atomic E-state index is 0.807. The Hall–Kier alpha value is -2.27. The van der Waals surface area contributed by atoms with Crippen molar-refractivity contribution in [3.8, 4) is 5.75 Å². The van der Waals surface area contributed by atoms with E-state index in [1.54, 1.807) is 7.11 Å². The van der Waals surface area contributed by atoms with Gasteiger partial charge >= 0.3 is 0 Å². The average Bonchev–Trinajstić information content (AvgIpc) is 3.02. The zero-order valence-corrected chi connectivity index (χ0v) is 17.0. The van der Waals surface area contributed by atoms with E-state index in [1.165, 1.54) is 55.1 Å². The third-order valence-corrected chi connectivity index (χ3v) is 5.88. The van der Waals surface area contributed by atoms with Crippen LogP contribution in [0.4, 0.5) is 0 Å². The molecule has 0 bridgehead atoms. The van der Waals surface area contributed by atoms with Gasteiger partial charge in [0.05, 0.1) is 13.7 Å². The molecule has 1 saturated heterocycles. The van der Waals surface area contributed by atoms with Crippen LogP contribution in [0.15, 0.2) is 41.4 Å². The third-order valence-electron chi connectivity index (χ3n) is 5.88. The van der Waals surface area contributed by atoms with Crippen molar-refractivity contribution in [2.24, 2.45) is 4.99 Å². The average molecular weight is 381 g/mol. The van der Waals surface area contributed by atoms with Crippen LogP contribution in [0.3, 0.4) is 0 Å². The number of benzene rings is 2. The smallest absolute Gasteiger partial charge is 0.194 e. The van der Waals surface area contributed by atoms with Crippen molar-refractivity contribution in [2.75, 3.05) is 46.4 Å². The number of fused-ring (bicyclic) bond motifs is 1. The molecule has 150 valence electrons. The summed E-state index contributed by atoms with van der Waals surface area (Å²) in [7, 11) is 1.71. The van der Waals surface area contributed by atoms with Gasteiger partial charge in [-0.25, -0.2) is 0 Å². The molecule has 0 saturated carbocycles. The van der Waals surface area contributed by atoms with Crippen molar-refractivity contribution >= 4 is 16.7 Å². The highest BCUT2D eigenvalue weighted by Gasteiger charge is 2.18. The molecule has 2 aliphatic rings. The number of ether oxygens (including phenoxy) is 1. The molecule has 0 aromatic heterocycles. The van der Waals surface area contributed by atoms with Crippen LogP contribution in [0, 0.1) is 0 Å². The van der Waals surface area contributed by atoms with Gasteiger partial charge in [0.1, 0.15) is 5.75 Å². The summed E-state index contributed by atoms with van der Waals surface area (Å²) in [6.07, 6.45) is 5.50. The quantitative estimate of drug-likeness (QED) is 0.833. The Balaban J connectivity index is 1.31. The van der Waals surface area contributed by atoms with Crippen molar-refractivity contribution in [3.05, 3.63) is 42.0 Å². The van der Waals surface area contributed by atoms with Gasteiger partial charge in [0.15, 0.2) is 5.96 Å². The molecule has 0 radical (unpaired) electrons. The number of nitrogens with zero attached hydrogens (tertiary/aromatic N) is 3. The van der Waals surface area contributed by atoms with Crippen molar-refractivity contribution in [3.63, 3.8) is 0 Å². The minimum atomic E-state index is 0.807. The predicted molar refractivity (Wildman–Crippen MR) is 116 cm³/mol. The molecule has 5 heteroatoms. The Morgan fingerprint density at radius 3 is 2.54 bits per heavy atom. The molecular formula is C23H32N4O. The Morgan fingerprint density at radius 2 is 1.71 bits per heavy atom. The van der Waals surface area contributed by atoms with E-state index in [4.69, 9.17) is 9.73 Å². The summed E-state index contributed by atoms with van der Waals surface area (Å²) in [5.41, 5.74) is 1.28. The maximum atomic E-state index is 5.32. The molecule has 28 heavy (non-hydrogen) atoms. The Bertz CT molecular complexity index is 811. The minimum Gasteiger partial charge on any atom is -0.497 e. The van der Waals surface area contributed by atoms with E-state index in [0.717, 1.165) is 44.4 Å². The van der Waals surface area contributed by atoms with Crippen LogP contribution < -0.4 is 10.1 Å². The van der Waals surface area contributed by atoms with E-state index >= 15 is 0 Å². The molecule has 1 N–H and O–H groups in total. The number of aliphatic imine (C=N–C) groups is 1. The fourth-order valence-electron chi connectivity index (χ4n) is 4.18. The number of hydrogen-bond acceptors (Lipinski definition) is 5. The van der Waals surface area contributed by atoms with Crippen LogP contribution in [0.25, 0.3) is 10.8 Å². The van der Waals surface area contributed by atoms with Crippen LogP contribution in [0.2, 0.25) is 0 Å². The third kappa shape index (κ3) is 4.76. The summed E-state index contributed by atoms with van der Waals surface area (Å²) in [6.45, 7) is 7.49. The second-order valence-electron chi connectivity index (χ2n) is 7.85. The Labute approximate surface area is 168 Å². The molecule has 2 heterocycles. The van der Waals surface area contributed by atoms with Gasteiger partial charge in [-0.05, 0) is 60.5 Å². The van der Waals surface area contributed by atoms with E-state index in [1.807, 2.05) is 6.07 Å². The molecule has 0 spiro atoms. The van der Waals surface area contributed by atoms with Gasteiger partial charge in [0.25, 0.3) is 0 Å². The van der Waals surface area contributed by atoms with Crippen LogP contribution in [0.5, 0.6) is 5.75 Å². The fourth-order valence-corrected chi connectivity index (χ4v) is 4.18. The Kier molecular flexibility index (Phi) is 6.32. The van der Waals surface area contributed by atoms with Gasteiger partial charge in [-0.2, -0.15) is 0 Å². The van der Waals surface area contributed by atoms with Gasteiger partial charge in [0.2, 0.25) is 0 Å². The van der Waals surface area contributed by atoms with Crippen LogP contribution in [-0.2, 0) is 6.54 Å². The molecule has 2 aromatic rings. The molecule has 2 aromatic carbocycles. The predicted octanol–water partition coefficient (Wildman–Crippen LogP) is 3.49. The Morgan fingerprint density at radius 1 is 0.929 bits per heavy atom. The zero-order valence-electron chi connectivity index (χ0n) is 17.0. The number of methoxy groups -OCH3 is 1. The molecule has 0 atom stereocenters. The topological polar surface area (TPSA) is 40.1 Å². The van der Waals surface area contributed by atoms with E-state index in [-0.39, 0.29) is 0 Å². The van der Waals surface area contributed by atoms with Crippen molar-refractivity contribution in [1.29, 1.82) is 0 Å². The van der Waals surface area contributed by atoms with Gasteiger partial charge < -0.3 is 19.9 Å². The first kappa shape index (κ1) is 19.1. The highest BCUT2D eigenvalue weighted by Crippen LogP contribution is 2.22. The van der Waals surface area contributed by atoms with Crippen molar-refractivity contribution in [1.82, 2.24) is 15.1 Å². The highest BCUT2D eigenvalue weighted by atomic mass is 16.5. The van der Waals surface area contributed by atoms with E-state index < -0.39 is 0 Å². The maximum absolute atomic E-state index is 5.32. The number of guanidine groups is 1. The van der Waals surface area contributed by atoms with Crippen LogP contribution in [-0.4, -0.2) is 62.1 Å². The molecule has 0 aliphatic carbocycles. The molecule has 0 amide bonds. The molecule has 0 unspecified atom stereocenters. The molecule has 5 nitrogen and oxygen atoms in total. The van der Waals surface area contributed by atoms with Gasteiger partial charge in [-0.15, -0.1) is 0 Å². The second kappa shape index (κ2) is 9.28. The number of hydrogen-bond donors (Lipinski definition) is 1. The van der Waals surface area contributed by atoms with Gasteiger partial charge in [0, 0.05) is 26.2 Å². The first-order chi connectivity index (χ1) is 13.8. The van der Waals surface area contributed by atoms with Crippen LogP contribution in [0.1, 0.15) is 31.2 Å². The lowest BCUT2D eigenvalue weighted by Crippen LogP contribution is -2.42. The highest BCUT2D eigenvalue weighted by molar-refractivity contribution is 5.85. The lowest BCUT2D eigenvalue weighted by molar-refractivity contribution is 0.257. The van der Waals surface area contributed by atoms with Gasteiger partial charge in [-0.3, -0.25) is 4.99 Å². The van der Waals surface area contributed by atoms with Crippen molar-refractivity contribution in [2.45, 2.75) is 32.2 Å². The van der Waals surface area contributed by atoms with E-state index in [0.29, 0.717) is 0 Å². The summed E-state index contributed by atoms with van der Waals surface area (Å²) in [5, 5.41) is 6.02. The summed E-state index contributed by atoms with van der Waals surface area (Å²) in [4.78, 5) is 9.73. The molecule has 4 rings (SSSR count). The largest absolute Gasteiger partial charge is 0.497 e.